The summed E-state index contributed by atoms with van der Waals surface area (Å²) in [7, 11) is 4.21. The van der Waals surface area contributed by atoms with Crippen LogP contribution >= 0.6 is 0 Å². The van der Waals surface area contributed by atoms with E-state index in [4.69, 9.17) is 0 Å². The Kier molecular flexibility index (Phi) is 1.91. The van der Waals surface area contributed by atoms with Gasteiger partial charge in [0.1, 0.15) is 0 Å². The van der Waals surface area contributed by atoms with Crippen molar-refractivity contribution in [2.75, 3.05) is 27.2 Å². The minimum absolute atomic E-state index is 1.17. The molecule has 0 spiro atoms. The number of nitrogens with zero attached hydrogens (tertiary/aromatic N) is 2. The molecule has 1 aliphatic rings. The first-order chi connectivity index (χ1) is 3.72. The average molecular weight is 199 g/mol. The fourth-order valence-corrected chi connectivity index (χ4v) is 1.16. The van der Waals surface area contributed by atoms with Gasteiger partial charge in [-0.15, -0.1) is 0 Å². The van der Waals surface area contributed by atoms with Crippen LogP contribution < -0.4 is 0 Å². The number of likely N-dealkylation sites (N-methyl/N-ethyl adjacent to an activating group) is 2. The van der Waals surface area contributed by atoms with E-state index in [1.165, 1.54) is 17.4 Å². The Morgan fingerprint density at radius 2 is 1.62 bits per heavy atom. The van der Waals surface area contributed by atoms with E-state index in [1.54, 1.807) is 0 Å². The van der Waals surface area contributed by atoms with Gasteiger partial charge in [-0.2, -0.15) is 0 Å². The Balaban J connectivity index is 2.57. The fraction of sp³-hybridized carbons (Fsp3) is 0.800. The summed E-state index contributed by atoms with van der Waals surface area (Å²) in [4.78, 5) is 4.47. The summed E-state index contributed by atoms with van der Waals surface area (Å²) < 4.78 is 1.31. The molecule has 1 aliphatic heterocycles. The first-order valence-corrected chi connectivity index (χ1v) is 3.52. The van der Waals surface area contributed by atoms with Gasteiger partial charge >= 0.3 is 59.2 Å². The minimum atomic E-state index is 1.17. The molecule has 1 fully saturated rings. The van der Waals surface area contributed by atoms with Gasteiger partial charge in [0.05, 0.1) is 0 Å². The van der Waals surface area contributed by atoms with Crippen molar-refractivity contribution in [3.8, 4) is 0 Å². The second-order valence-corrected chi connectivity index (χ2v) is 2.88. The molecular formula is C5H10N2Ru+. The predicted octanol–water partition coefficient (Wildman–Crippen LogP) is -0.502. The molecule has 0 amide bonds. The molecule has 1 heterocycles. The molecule has 0 N–H and O–H groups in total. The van der Waals surface area contributed by atoms with Gasteiger partial charge in [0, 0.05) is 0 Å². The molecule has 8 heavy (non-hydrogen) atoms. The Hall–Kier alpha value is 0.413. The number of rotatable bonds is 0. The first kappa shape index (κ1) is 6.53. The van der Waals surface area contributed by atoms with Gasteiger partial charge in [-0.1, -0.05) is 0 Å². The fourth-order valence-electron chi connectivity index (χ4n) is 0.770. The molecule has 0 aromatic rings. The predicted molar refractivity (Wildman–Crippen MR) is 30.3 cm³/mol. The zero-order valence-electron chi connectivity index (χ0n) is 5.16. The van der Waals surface area contributed by atoms with E-state index < -0.39 is 0 Å². The molecule has 1 saturated heterocycles. The van der Waals surface area contributed by atoms with E-state index in [-0.39, 0.29) is 0 Å². The Bertz CT molecular complexity index is 101. The van der Waals surface area contributed by atoms with Crippen molar-refractivity contribution >= 4 is 4.35 Å². The van der Waals surface area contributed by atoms with E-state index in [0.29, 0.717) is 0 Å². The first-order valence-electron chi connectivity index (χ1n) is 2.65. The summed E-state index contributed by atoms with van der Waals surface area (Å²) in [5.41, 5.74) is 0. The van der Waals surface area contributed by atoms with Gasteiger partial charge in [-0.05, 0) is 0 Å². The maximum absolute atomic E-state index is 2.63. The quantitative estimate of drug-likeness (QED) is 0.485. The van der Waals surface area contributed by atoms with Crippen LogP contribution in [-0.2, 0) is 17.9 Å². The van der Waals surface area contributed by atoms with Crippen LogP contribution in [0.5, 0.6) is 0 Å². The molecule has 2 nitrogen and oxygen atoms in total. The maximum atomic E-state index is 2.63. The molecule has 0 saturated carbocycles. The zero-order chi connectivity index (χ0) is 6.15. The second-order valence-electron chi connectivity index (χ2n) is 2.10. The molecule has 1 rings (SSSR count). The van der Waals surface area contributed by atoms with E-state index in [2.05, 4.69) is 41.7 Å². The Morgan fingerprint density at radius 3 is 1.75 bits per heavy atom. The molecule has 3 heteroatoms. The molecule has 0 aromatic heterocycles. The van der Waals surface area contributed by atoms with Gasteiger partial charge in [-0.3, -0.25) is 0 Å². The third-order valence-electron chi connectivity index (χ3n) is 1.38. The summed E-state index contributed by atoms with van der Waals surface area (Å²) in [5, 5.41) is 0. The van der Waals surface area contributed by atoms with Crippen LogP contribution in [0.1, 0.15) is 0 Å². The monoisotopic (exact) mass is 200 g/mol. The van der Waals surface area contributed by atoms with Crippen molar-refractivity contribution in [1.29, 1.82) is 0 Å². The average Bonchev–Trinajstić information content (AvgIpc) is 1.98. The topological polar surface area (TPSA) is 6.48 Å². The Labute approximate surface area is 59.7 Å². The van der Waals surface area contributed by atoms with Crippen molar-refractivity contribution in [1.82, 2.24) is 9.80 Å². The van der Waals surface area contributed by atoms with Crippen LogP contribution in [0.4, 0.5) is 0 Å². The standard InChI is InChI=1S/C5H10N2.Ru/c1-6-3-4-7(2)5-6;/h3-4H2,1-2H3;/q;+1. The van der Waals surface area contributed by atoms with Crippen molar-refractivity contribution in [3.05, 3.63) is 0 Å². The summed E-state index contributed by atoms with van der Waals surface area (Å²) in [5.74, 6) is 0. The molecule has 0 aromatic carbocycles. The third-order valence-corrected chi connectivity index (χ3v) is 2.71. The molecule has 0 radical (unpaired) electrons. The van der Waals surface area contributed by atoms with Crippen LogP contribution in [0, 0.1) is 0 Å². The van der Waals surface area contributed by atoms with Crippen molar-refractivity contribution < 1.29 is 17.9 Å². The van der Waals surface area contributed by atoms with E-state index >= 15 is 0 Å². The van der Waals surface area contributed by atoms with Crippen LogP contribution in [0.3, 0.4) is 0 Å². The van der Waals surface area contributed by atoms with Crippen LogP contribution in [0.15, 0.2) is 0 Å². The van der Waals surface area contributed by atoms with Gasteiger partial charge in [0.2, 0.25) is 0 Å². The summed E-state index contributed by atoms with van der Waals surface area (Å²) in [6, 6.07) is 0. The van der Waals surface area contributed by atoms with E-state index in [9.17, 15) is 0 Å². The SMILES string of the molecule is CN1CCN(C)[C]1=[Ru+]. The summed E-state index contributed by atoms with van der Waals surface area (Å²) in [6.07, 6.45) is 0. The van der Waals surface area contributed by atoms with Crippen molar-refractivity contribution in [3.63, 3.8) is 0 Å². The van der Waals surface area contributed by atoms with E-state index in [0.717, 1.165) is 0 Å². The van der Waals surface area contributed by atoms with E-state index in [1.807, 2.05) is 0 Å². The van der Waals surface area contributed by atoms with Crippen molar-refractivity contribution in [2.45, 2.75) is 0 Å². The summed E-state index contributed by atoms with van der Waals surface area (Å²) in [6.45, 7) is 2.33. The molecule has 0 aliphatic carbocycles. The van der Waals surface area contributed by atoms with Gasteiger partial charge < -0.3 is 0 Å². The van der Waals surface area contributed by atoms with Crippen LogP contribution in [0.25, 0.3) is 0 Å². The molecule has 0 unspecified atom stereocenters. The van der Waals surface area contributed by atoms with Crippen LogP contribution in [-0.4, -0.2) is 41.3 Å². The Morgan fingerprint density at radius 1 is 1.25 bits per heavy atom. The molecule has 0 bridgehead atoms. The van der Waals surface area contributed by atoms with Gasteiger partial charge in [0.25, 0.3) is 0 Å². The van der Waals surface area contributed by atoms with Crippen molar-refractivity contribution in [2.24, 2.45) is 0 Å². The van der Waals surface area contributed by atoms with Crippen LogP contribution in [0.2, 0.25) is 0 Å². The van der Waals surface area contributed by atoms with Gasteiger partial charge in [0.15, 0.2) is 0 Å². The molecule has 0 atom stereocenters. The number of hydrogen-bond acceptors (Lipinski definition) is 2. The number of hydrogen-bond donors (Lipinski definition) is 0. The van der Waals surface area contributed by atoms with Gasteiger partial charge in [-0.25, -0.2) is 0 Å². The summed E-state index contributed by atoms with van der Waals surface area (Å²) >= 11 is 2.63. The molecule has 47 valence electrons. The zero-order valence-corrected chi connectivity index (χ0v) is 6.90. The normalized spacial score (nSPS) is 25.0. The third kappa shape index (κ3) is 1.04. The second kappa shape index (κ2) is 2.34. The molecular weight excluding hydrogens is 189 g/mol.